The first-order chi connectivity index (χ1) is 14.2. The molecule has 0 spiro atoms. The van der Waals surface area contributed by atoms with Crippen molar-refractivity contribution in [2.75, 3.05) is 66.7 Å². The third-order valence-electron chi connectivity index (χ3n) is 6.17. The summed E-state index contributed by atoms with van der Waals surface area (Å²) >= 11 is 1.87. The lowest BCUT2D eigenvalue weighted by molar-refractivity contribution is 0.0536. The van der Waals surface area contributed by atoms with E-state index in [9.17, 15) is 0 Å². The molecule has 1 aromatic rings. The standard InChI is InChI=1S/C22H38N4O2S/c1-18-6-9-25(10-7-18)20(21-5-4-14-29-21)15-24-22(23-2)26-11-8-19(16-26)17-28-13-12-27-3/h4-5,14,18-20H,6-13,15-17H2,1-3H3,(H,23,24). The lowest BCUT2D eigenvalue weighted by Gasteiger charge is -2.37. The van der Waals surface area contributed by atoms with Crippen molar-refractivity contribution in [2.24, 2.45) is 16.8 Å². The Morgan fingerprint density at radius 1 is 1.28 bits per heavy atom. The van der Waals surface area contributed by atoms with Crippen molar-refractivity contribution in [3.63, 3.8) is 0 Å². The van der Waals surface area contributed by atoms with E-state index in [0.717, 1.165) is 44.5 Å². The van der Waals surface area contributed by atoms with Gasteiger partial charge in [0.25, 0.3) is 0 Å². The second kappa shape index (κ2) is 11.9. The van der Waals surface area contributed by atoms with E-state index in [1.807, 2.05) is 18.4 Å². The van der Waals surface area contributed by atoms with Crippen LogP contribution < -0.4 is 5.32 Å². The SMILES string of the molecule is CN=C(NCC(c1cccs1)N1CCC(C)CC1)N1CCC(COCCOC)C1. The van der Waals surface area contributed by atoms with Crippen molar-refractivity contribution < 1.29 is 9.47 Å². The van der Waals surface area contributed by atoms with Gasteiger partial charge in [-0.15, -0.1) is 11.3 Å². The molecule has 2 aliphatic heterocycles. The maximum absolute atomic E-state index is 5.74. The molecule has 0 bridgehead atoms. The molecule has 0 radical (unpaired) electrons. The van der Waals surface area contributed by atoms with Crippen LogP contribution in [0.1, 0.15) is 37.1 Å². The van der Waals surface area contributed by atoms with E-state index in [2.05, 4.69) is 44.5 Å². The molecule has 29 heavy (non-hydrogen) atoms. The fourth-order valence-corrected chi connectivity index (χ4v) is 5.17. The van der Waals surface area contributed by atoms with E-state index in [1.165, 1.54) is 30.8 Å². The molecule has 0 saturated carbocycles. The Balaban J connectivity index is 1.51. The first kappa shape index (κ1) is 22.5. The van der Waals surface area contributed by atoms with Gasteiger partial charge < -0.3 is 19.7 Å². The van der Waals surface area contributed by atoms with Crippen LogP contribution >= 0.6 is 11.3 Å². The number of nitrogens with one attached hydrogen (secondary N) is 1. The number of nitrogens with zero attached hydrogens (tertiary/aromatic N) is 3. The summed E-state index contributed by atoms with van der Waals surface area (Å²) in [5.41, 5.74) is 0. The lowest BCUT2D eigenvalue weighted by atomic mass is 9.97. The normalized spacial score (nSPS) is 22.9. The van der Waals surface area contributed by atoms with E-state index in [0.29, 0.717) is 25.2 Å². The summed E-state index contributed by atoms with van der Waals surface area (Å²) in [5, 5.41) is 5.88. The quantitative estimate of drug-likeness (QED) is 0.377. The maximum Gasteiger partial charge on any atom is 0.193 e. The highest BCUT2D eigenvalue weighted by Gasteiger charge is 2.28. The van der Waals surface area contributed by atoms with E-state index < -0.39 is 0 Å². The number of rotatable bonds is 9. The third-order valence-corrected chi connectivity index (χ3v) is 7.14. The summed E-state index contributed by atoms with van der Waals surface area (Å²) in [4.78, 5) is 11.1. The number of aliphatic imine (C=N–C) groups is 1. The number of likely N-dealkylation sites (tertiary alicyclic amines) is 2. The zero-order chi connectivity index (χ0) is 20.5. The first-order valence-electron chi connectivity index (χ1n) is 11.0. The molecule has 6 nitrogen and oxygen atoms in total. The van der Waals surface area contributed by atoms with Gasteiger partial charge in [0.2, 0.25) is 0 Å². The number of methoxy groups -OCH3 is 1. The van der Waals surface area contributed by atoms with Gasteiger partial charge in [-0.3, -0.25) is 9.89 Å². The highest BCUT2D eigenvalue weighted by molar-refractivity contribution is 7.10. The summed E-state index contributed by atoms with van der Waals surface area (Å²) in [6.45, 7) is 9.87. The molecule has 2 saturated heterocycles. The van der Waals surface area contributed by atoms with Crippen molar-refractivity contribution in [2.45, 2.75) is 32.2 Å². The lowest BCUT2D eigenvalue weighted by Crippen LogP contribution is -2.46. The summed E-state index contributed by atoms with van der Waals surface area (Å²) in [6, 6.07) is 4.87. The summed E-state index contributed by atoms with van der Waals surface area (Å²) < 4.78 is 10.8. The molecule has 1 aromatic heterocycles. The molecule has 164 valence electrons. The zero-order valence-electron chi connectivity index (χ0n) is 18.3. The molecular formula is C22H38N4O2S. The van der Waals surface area contributed by atoms with Crippen LogP contribution in [0, 0.1) is 11.8 Å². The van der Waals surface area contributed by atoms with Crippen LogP contribution in [0.25, 0.3) is 0 Å². The minimum Gasteiger partial charge on any atom is -0.382 e. The maximum atomic E-state index is 5.74. The molecule has 2 unspecified atom stereocenters. The van der Waals surface area contributed by atoms with Crippen LogP contribution in [-0.2, 0) is 9.47 Å². The molecule has 2 aliphatic rings. The molecule has 3 rings (SSSR count). The summed E-state index contributed by atoms with van der Waals surface area (Å²) in [6.07, 6.45) is 3.76. The Morgan fingerprint density at radius 2 is 2.10 bits per heavy atom. The van der Waals surface area contributed by atoms with Gasteiger partial charge in [0, 0.05) is 44.6 Å². The average molecular weight is 423 g/mol. The number of thiophene rings is 1. The largest absolute Gasteiger partial charge is 0.382 e. The minimum absolute atomic E-state index is 0.426. The van der Waals surface area contributed by atoms with E-state index >= 15 is 0 Å². The van der Waals surface area contributed by atoms with E-state index in [1.54, 1.807) is 7.11 Å². The Labute approximate surface area is 180 Å². The fraction of sp³-hybridized carbons (Fsp3) is 0.773. The highest BCUT2D eigenvalue weighted by atomic mass is 32.1. The number of hydrogen-bond donors (Lipinski definition) is 1. The predicted octanol–water partition coefficient (Wildman–Crippen LogP) is 3.08. The Hall–Kier alpha value is -1.15. The zero-order valence-corrected chi connectivity index (χ0v) is 19.1. The average Bonchev–Trinajstić information content (AvgIpc) is 3.42. The molecule has 1 N–H and O–H groups in total. The molecule has 2 fully saturated rings. The second-order valence-electron chi connectivity index (χ2n) is 8.35. The van der Waals surface area contributed by atoms with Crippen LogP contribution in [-0.4, -0.2) is 82.5 Å². The minimum atomic E-state index is 0.426. The van der Waals surface area contributed by atoms with Gasteiger partial charge in [0.05, 0.1) is 25.9 Å². The monoisotopic (exact) mass is 422 g/mol. The van der Waals surface area contributed by atoms with Crippen molar-refractivity contribution in [1.29, 1.82) is 0 Å². The molecular weight excluding hydrogens is 384 g/mol. The van der Waals surface area contributed by atoms with E-state index in [-0.39, 0.29) is 0 Å². The van der Waals surface area contributed by atoms with Gasteiger partial charge in [-0.05, 0) is 49.7 Å². The van der Waals surface area contributed by atoms with Gasteiger partial charge in [-0.25, -0.2) is 0 Å². The Kier molecular flexibility index (Phi) is 9.24. The molecule has 7 heteroatoms. The van der Waals surface area contributed by atoms with Gasteiger partial charge in [-0.2, -0.15) is 0 Å². The van der Waals surface area contributed by atoms with E-state index in [4.69, 9.17) is 9.47 Å². The topological polar surface area (TPSA) is 49.3 Å². The number of piperidine rings is 1. The number of guanidine groups is 1. The van der Waals surface area contributed by atoms with Crippen molar-refractivity contribution >= 4 is 17.3 Å². The van der Waals surface area contributed by atoms with Crippen molar-refractivity contribution in [3.8, 4) is 0 Å². The first-order valence-corrected chi connectivity index (χ1v) is 11.9. The van der Waals surface area contributed by atoms with Crippen molar-refractivity contribution in [3.05, 3.63) is 22.4 Å². The Bertz CT molecular complexity index is 602. The molecule has 0 aliphatic carbocycles. The molecule has 0 amide bonds. The van der Waals surface area contributed by atoms with Gasteiger partial charge in [0.15, 0.2) is 5.96 Å². The molecule has 0 aromatic carbocycles. The number of hydrogen-bond acceptors (Lipinski definition) is 5. The molecule has 2 atom stereocenters. The number of ether oxygens (including phenoxy) is 2. The third kappa shape index (κ3) is 6.67. The summed E-state index contributed by atoms with van der Waals surface area (Å²) in [5.74, 6) is 2.45. The Morgan fingerprint density at radius 3 is 2.79 bits per heavy atom. The van der Waals surface area contributed by atoms with Crippen LogP contribution in [0.4, 0.5) is 0 Å². The van der Waals surface area contributed by atoms with Crippen molar-refractivity contribution in [1.82, 2.24) is 15.1 Å². The van der Waals surface area contributed by atoms with Gasteiger partial charge in [0.1, 0.15) is 0 Å². The smallest absolute Gasteiger partial charge is 0.193 e. The van der Waals surface area contributed by atoms with Crippen LogP contribution in [0.2, 0.25) is 0 Å². The van der Waals surface area contributed by atoms with Gasteiger partial charge in [-0.1, -0.05) is 13.0 Å². The van der Waals surface area contributed by atoms with Crippen LogP contribution in [0.15, 0.2) is 22.5 Å². The van der Waals surface area contributed by atoms with Gasteiger partial charge >= 0.3 is 0 Å². The predicted molar refractivity (Wildman–Crippen MR) is 121 cm³/mol. The summed E-state index contributed by atoms with van der Waals surface area (Å²) in [7, 11) is 3.61. The van der Waals surface area contributed by atoms with Crippen LogP contribution in [0.3, 0.4) is 0 Å². The van der Waals surface area contributed by atoms with Crippen LogP contribution in [0.5, 0.6) is 0 Å². The fourth-order valence-electron chi connectivity index (χ4n) is 4.30. The molecule has 3 heterocycles. The highest BCUT2D eigenvalue weighted by Crippen LogP contribution is 2.29. The second-order valence-corrected chi connectivity index (χ2v) is 9.33.